The van der Waals surface area contributed by atoms with Crippen molar-refractivity contribution < 1.29 is 9.59 Å². The molecule has 1 fully saturated rings. The van der Waals surface area contributed by atoms with E-state index in [0.717, 1.165) is 35.5 Å². The van der Waals surface area contributed by atoms with Crippen LogP contribution < -0.4 is 5.73 Å². The van der Waals surface area contributed by atoms with Crippen LogP contribution >= 0.6 is 11.3 Å². The lowest BCUT2D eigenvalue weighted by molar-refractivity contribution is 0.0737. The summed E-state index contributed by atoms with van der Waals surface area (Å²) in [6, 6.07) is 13.5. The van der Waals surface area contributed by atoms with E-state index < -0.39 is 5.91 Å². The molecule has 4 rings (SSSR count). The number of rotatable bonds is 4. The highest BCUT2D eigenvalue weighted by Crippen LogP contribution is 2.37. The average Bonchev–Trinajstić information content (AvgIpc) is 3.41. The second-order valence-electron chi connectivity index (χ2n) is 6.81. The van der Waals surface area contributed by atoms with Gasteiger partial charge in [-0.05, 0) is 61.7 Å². The zero-order valence-corrected chi connectivity index (χ0v) is 15.9. The molecule has 2 N–H and O–H groups in total. The minimum atomic E-state index is -0.419. The van der Waals surface area contributed by atoms with Crippen molar-refractivity contribution >= 4 is 23.2 Å². The third kappa shape index (κ3) is 3.28. The van der Waals surface area contributed by atoms with Crippen molar-refractivity contribution in [1.29, 1.82) is 0 Å². The van der Waals surface area contributed by atoms with Gasteiger partial charge in [-0.2, -0.15) is 0 Å². The van der Waals surface area contributed by atoms with Gasteiger partial charge in [-0.3, -0.25) is 9.59 Å². The summed E-state index contributed by atoms with van der Waals surface area (Å²) >= 11 is 1.39. The second kappa shape index (κ2) is 7.04. The molecule has 1 aromatic carbocycles. The molecule has 3 heterocycles. The maximum atomic E-state index is 13.2. The fourth-order valence-corrected chi connectivity index (χ4v) is 4.66. The van der Waals surface area contributed by atoms with Crippen molar-refractivity contribution in [3.05, 3.63) is 75.7 Å². The standard InChI is InChI=1S/C21H21N3O2S/c1-14-6-7-15(13-17(14)23-10-2-3-11-23)21(26)24-12-4-5-16(24)18-8-9-19(27-18)20(22)25/h2-3,6-11,13,16H,4-5,12H2,1H3,(H2,22,25). The zero-order valence-electron chi connectivity index (χ0n) is 15.1. The largest absolute Gasteiger partial charge is 0.365 e. The van der Waals surface area contributed by atoms with Crippen LogP contribution in [0.15, 0.2) is 54.9 Å². The Kier molecular flexibility index (Phi) is 4.58. The van der Waals surface area contributed by atoms with Crippen LogP contribution in [0.1, 0.15) is 49.4 Å². The zero-order chi connectivity index (χ0) is 19.0. The van der Waals surface area contributed by atoms with Gasteiger partial charge >= 0.3 is 0 Å². The van der Waals surface area contributed by atoms with Crippen LogP contribution in [-0.4, -0.2) is 27.8 Å². The molecular weight excluding hydrogens is 358 g/mol. The van der Waals surface area contributed by atoms with E-state index in [1.165, 1.54) is 11.3 Å². The lowest BCUT2D eigenvalue weighted by Gasteiger charge is -2.24. The van der Waals surface area contributed by atoms with Gasteiger partial charge in [0.15, 0.2) is 0 Å². The number of hydrogen-bond donors (Lipinski definition) is 1. The summed E-state index contributed by atoms with van der Waals surface area (Å²) in [6.07, 6.45) is 5.82. The van der Waals surface area contributed by atoms with Crippen LogP contribution in [0.2, 0.25) is 0 Å². The van der Waals surface area contributed by atoms with Crippen molar-refractivity contribution in [3.63, 3.8) is 0 Å². The fourth-order valence-electron chi connectivity index (χ4n) is 3.65. The van der Waals surface area contributed by atoms with Crippen LogP contribution in [0, 0.1) is 6.92 Å². The maximum Gasteiger partial charge on any atom is 0.258 e. The highest BCUT2D eigenvalue weighted by Gasteiger charge is 2.32. The number of benzene rings is 1. The lowest BCUT2D eigenvalue weighted by atomic mass is 10.1. The van der Waals surface area contributed by atoms with Crippen LogP contribution in [0.25, 0.3) is 5.69 Å². The lowest BCUT2D eigenvalue weighted by Crippen LogP contribution is -2.30. The molecule has 1 aliphatic heterocycles. The molecule has 1 atom stereocenters. The Morgan fingerprint density at radius 1 is 1.15 bits per heavy atom. The van der Waals surface area contributed by atoms with Crippen molar-refractivity contribution in [2.45, 2.75) is 25.8 Å². The number of carbonyl (C=O) groups is 2. The first-order valence-corrected chi connectivity index (χ1v) is 9.81. The minimum absolute atomic E-state index is 0.00642. The van der Waals surface area contributed by atoms with Gasteiger partial charge in [0.1, 0.15) is 0 Å². The van der Waals surface area contributed by atoms with E-state index >= 15 is 0 Å². The van der Waals surface area contributed by atoms with Crippen LogP contribution in [0.3, 0.4) is 0 Å². The highest BCUT2D eigenvalue weighted by atomic mass is 32.1. The van der Waals surface area contributed by atoms with Gasteiger partial charge in [-0.25, -0.2) is 0 Å². The molecule has 1 saturated heterocycles. The molecule has 0 spiro atoms. The predicted molar refractivity (Wildman–Crippen MR) is 106 cm³/mol. The number of hydrogen-bond acceptors (Lipinski definition) is 3. The number of aromatic nitrogens is 1. The summed E-state index contributed by atoms with van der Waals surface area (Å²) in [5.41, 5.74) is 8.18. The molecule has 6 heteroatoms. The van der Waals surface area contributed by atoms with Crippen LogP contribution in [0.5, 0.6) is 0 Å². The Balaban J connectivity index is 1.63. The van der Waals surface area contributed by atoms with E-state index in [-0.39, 0.29) is 11.9 Å². The van der Waals surface area contributed by atoms with Crippen molar-refractivity contribution in [1.82, 2.24) is 9.47 Å². The number of likely N-dealkylation sites (tertiary alicyclic amines) is 1. The Labute approximate surface area is 162 Å². The fraction of sp³-hybridized carbons (Fsp3) is 0.238. The van der Waals surface area contributed by atoms with Gasteiger partial charge in [0, 0.05) is 35.1 Å². The minimum Gasteiger partial charge on any atom is -0.365 e. The molecule has 2 aromatic heterocycles. The van der Waals surface area contributed by atoms with Crippen LogP contribution in [0.4, 0.5) is 0 Å². The van der Waals surface area contributed by atoms with Gasteiger partial charge < -0.3 is 15.2 Å². The van der Waals surface area contributed by atoms with E-state index in [1.54, 1.807) is 6.07 Å². The van der Waals surface area contributed by atoms with E-state index in [0.29, 0.717) is 10.4 Å². The van der Waals surface area contributed by atoms with E-state index in [9.17, 15) is 9.59 Å². The topological polar surface area (TPSA) is 68.3 Å². The number of aryl methyl sites for hydroxylation is 1. The van der Waals surface area contributed by atoms with Gasteiger partial charge in [0.2, 0.25) is 0 Å². The molecule has 1 unspecified atom stereocenters. The Morgan fingerprint density at radius 2 is 1.93 bits per heavy atom. The van der Waals surface area contributed by atoms with Gasteiger partial charge in [-0.1, -0.05) is 6.07 Å². The quantitative estimate of drug-likeness (QED) is 0.746. The van der Waals surface area contributed by atoms with E-state index in [4.69, 9.17) is 5.73 Å². The number of thiophene rings is 1. The van der Waals surface area contributed by atoms with Gasteiger partial charge in [0.25, 0.3) is 11.8 Å². The normalized spacial score (nSPS) is 16.6. The SMILES string of the molecule is Cc1ccc(C(=O)N2CCCC2c2ccc(C(N)=O)s2)cc1-n1cccc1. The van der Waals surface area contributed by atoms with Crippen LogP contribution in [-0.2, 0) is 0 Å². The molecule has 138 valence electrons. The monoisotopic (exact) mass is 379 g/mol. The summed E-state index contributed by atoms with van der Waals surface area (Å²) in [4.78, 5) is 28.1. The summed E-state index contributed by atoms with van der Waals surface area (Å²) in [5.74, 6) is -0.392. The second-order valence-corrected chi connectivity index (χ2v) is 7.93. The first-order chi connectivity index (χ1) is 13.0. The summed E-state index contributed by atoms with van der Waals surface area (Å²) in [6.45, 7) is 2.76. The Hall–Kier alpha value is -2.86. The maximum absolute atomic E-state index is 13.2. The molecular formula is C21H21N3O2S. The third-order valence-electron chi connectivity index (χ3n) is 5.05. The summed E-state index contributed by atoms with van der Waals surface area (Å²) < 4.78 is 2.02. The first-order valence-electron chi connectivity index (χ1n) is 8.99. The third-order valence-corrected chi connectivity index (χ3v) is 6.25. The number of amides is 2. The molecule has 1 aliphatic rings. The van der Waals surface area contributed by atoms with Crippen molar-refractivity contribution in [3.8, 4) is 5.69 Å². The number of nitrogens with two attached hydrogens (primary N) is 1. The smallest absolute Gasteiger partial charge is 0.258 e. The molecule has 27 heavy (non-hydrogen) atoms. The number of primary amides is 1. The number of carbonyl (C=O) groups excluding carboxylic acids is 2. The van der Waals surface area contributed by atoms with E-state index in [2.05, 4.69) is 0 Å². The first kappa shape index (κ1) is 17.5. The summed E-state index contributed by atoms with van der Waals surface area (Å²) in [5, 5.41) is 0. The molecule has 3 aromatic rings. The molecule has 0 bridgehead atoms. The van der Waals surface area contributed by atoms with Crippen molar-refractivity contribution in [2.75, 3.05) is 6.54 Å². The van der Waals surface area contributed by atoms with Gasteiger partial charge in [0.05, 0.1) is 10.9 Å². The van der Waals surface area contributed by atoms with E-state index in [1.807, 2.05) is 65.2 Å². The predicted octanol–water partition coefficient (Wildman–Crippen LogP) is 3.92. The molecule has 5 nitrogen and oxygen atoms in total. The Bertz CT molecular complexity index is 991. The number of nitrogens with zero attached hydrogens (tertiary/aromatic N) is 2. The Morgan fingerprint density at radius 3 is 2.63 bits per heavy atom. The van der Waals surface area contributed by atoms with Gasteiger partial charge in [-0.15, -0.1) is 11.3 Å². The molecule has 2 amide bonds. The van der Waals surface area contributed by atoms with Crippen molar-refractivity contribution in [2.24, 2.45) is 5.73 Å². The molecule has 0 radical (unpaired) electrons. The highest BCUT2D eigenvalue weighted by molar-refractivity contribution is 7.14. The molecule has 0 aliphatic carbocycles. The average molecular weight is 379 g/mol. The summed E-state index contributed by atoms with van der Waals surface area (Å²) in [7, 11) is 0. The molecule has 0 saturated carbocycles.